The summed E-state index contributed by atoms with van der Waals surface area (Å²) in [6.45, 7) is 7.01. The molecular formula is C17H23N3O. The summed E-state index contributed by atoms with van der Waals surface area (Å²) in [5.74, 6) is 1.39. The van der Waals surface area contributed by atoms with Crippen molar-refractivity contribution >= 4 is 11.6 Å². The lowest BCUT2D eigenvalue weighted by Crippen LogP contribution is -2.42. The quantitative estimate of drug-likeness (QED) is 0.905. The van der Waals surface area contributed by atoms with Gasteiger partial charge in [-0.2, -0.15) is 0 Å². The van der Waals surface area contributed by atoms with Gasteiger partial charge in [0.15, 0.2) is 0 Å². The Balaban J connectivity index is 1.77. The zero-order chi connectivity index (χ0) is 14.8. The highest BCUT2D eigenvalue weighted by atomic mass is 16.1. The van der Waals surface area contributed by atoms with Crippen molar-refractivity contribution in [3.05, 3.63) is 42.2 Å². The predicted octanol–water partition coefficient (Wildman–Crippen LogP) is 2.29. The molecule has 2 saturated heterocycles. The van der Waals surface area contributed by atoms with Gasteiger partial charge in [-0.25, -0.2) is 0 Å². The normalized spacial score (nSPS) is 21.5. The summed E-state index contributed by atoms with van der Waals surface area (Å²) in [6.07, 6.45) is 2.97. The van der Waals surface area contributed by atoms with Gasteiger partial charge in [-0.05, 0) is 56.6 Å². The van der Waals surface area contributed by atoms with E-state index in [0.29, 0.717) is 24.7 Å². The van der Waals surface area contributed by atoms with Gasteiger partial charge in [0.25, 0.3) is 0 Å². The van der Waals surface area contributed by atoms with Crippen LogP contribution >= 0.6 is 0 Å². The average molecular weight is 285 g/mol. The molecule has 0 radical (unpaired) electrons. The number of hydrogen-bond donors (Lipinski definition) is 1. The van der Waals surface area contributed by atoms with Crippen molar-refractivity contribution in [3.8, 4) is 0 Å². The summed E-state index contributed by atoms with van der Waals surface area (Å²) in [4.78, 5) is 15.9. The lowest BCUT2D eigenvalue weighted by atomic mass is 9.89. The zero-order valence-corrected chi connectivity index (χ0v) is 12.6. The summed E-state index contributed by atoms with van der Waals surface area (Å²) in [5, 5.41) is 2.82. The number of rotatable bonds is 2. The topological polar surface area (TPSA) is 35.6 Å². The number of hydrogen-bond acceptors (Lipinski definition) is 3. The molecule has 1 amide bonds. The molecule has 112 valence electrons. The van der Waals surface area contributed by atoms with E-state index < -0.39 is 0 Å². The fourth-order valence-corrected chi connectivity index (χ4v) is 3.21. The first-order valence-electron chi connectivity index (χ1n) is 7.68. The summed E-state index contributed by atoms with van der Waals surface area (Å²) < 4.78 is 0. The van der Waals surface area contributed by atoms with E-state index in [1.807, 2.05) is 0 Å². The molecule has 0 saturated carbocycles. The van der Waals surface area contributed by atoms with Gasteiger partial charge in [-0.1, -0.05) is 18.7 Å². The Labute approximate surface area is 126 Å². The van der Waals surface area contributed by atoms with Crippen molar-refractivity contribution in [1.82, 2.24) is 10.2 Å². The molecule has 0 unspecified atom stereocenters. The van der Waals surface area contributed by atoms with Crippen LogP contribution in [0, 0.1) is 0 Å². The van der Waals surface area contributed by atoms with Crippen LogP contribution in [0.5, 0.6) is 0 Å². The van der Waals surface area contributed by atoms with Gasteiger partial charge in [0.1, 0.15) is 5.82 Å². The van der Waals surface area contributed by atoms with E-state index in [4.69, 9.17) is 0 Å². The third kappa shape index (κ3) is 3.10. The van der Waals surface area contributed by atoms with Crippen molar-refractivity contribution in [2.45, 2.75) is 25.2 Å². The highest BCUT2D eigenvalue weighted by Crippen LogP contribution is 2.31. The third-order valence-electron chi connectivity index (χ3n) is 4.54. The van der Waals surface area contributed by atoms with Gasteiger partial charge in [0, 0.05) is 18.7 Å². The standard InChI is InChI=1S/C17H23N3O/c1-13-18-17(21)8-11-20(13)16-5-3-4-15(12-16)14-6-9-19(2)10-7-14/h3-5,12,14H,1,6-11H2,2H3,(H,18,21). The lowest BCUT2D eigenvalue weighted by Gasteiger charge is -2.33. The molecule has 1 N–H and O–H groups in total. The van der Waals surface area contributed by atoms with Crippen LogP contribution in [0.25, 0.3) is 0 Å². The number of likely N-dealkylation sites (tertiary alicyclic amines) is 1. The number of carbonyl (C=O) groups excluding carboxylic acids is 1. The zero-order valence-electron chi connectivity index (χ0n) is 12.6. The summed E-state index contributed by atoms with van der Waals surface area (Å²) >= 11 is 0. The molecule has 0 aliphatic carbocycles. The van der Waals surface area contributed by atoms with E-state index >= 15 is 0 Å². The second-order valence-electron chi connectivity index (χ2n) is 6.07. The first-order valence-corrected chi connectivity index (χ1v) is 7.68. The van der Waals surface area contributed by atoms with E-state index in [-0.39, 0.29) is 5.91 Å². The fraction of sp³-hybridized carbons (Fsp3) is 0.471. The maximum absolute atomic E-state index is 11.4. The first-order chi connectivity index (χ1) is 10.1. The van der Waals surface area contributed by atoms with Crippen LogP contribution in [-0.2, 0) is 4.79 Å². The predicted molar refractivity (Wildman–Crippen MR) is 85.2 cm³/mol. The molecule has 2 fully saturated rings. The maximum Gasteiger partial charge on any atom is 0.227 e. The minimum atomic E-state index is 0.0581. The van der Waals surface area contributed by atoms with Crippen LogP contribution in [0.4, 0.5) is 5.69 Å². The van der Waals surface area contributed by atoms with E-state index in [0.717, 1.165) is 5.69 Å². The number of amides is 1. The first kappa shape index (κ1) is 14.1. The minimum Gasteiger partial charge on any atom is -0.328 e. The van der Waals surface area contributed by atoms with Crippen molar-refractivity contribution in [1.29, 1.82) is 0 Å². The monoisotopic (exact) mass is 285 g/mol. The second-order valence-corrected chi connectivity index (χ2v) is 6.07. The molecule has 0 spiro atoms. The molecule has 0 bridgehead atoms. The van der Waals surface area contributed by atoms with E-state index in [1.165, 1.54) is 31.5 Å². The smallest absolute Gasteiger partial charge is 0.227 e. The SMILES string of the molecule is C=C1NC(=O)CCN1c1cccc(C2CCN(C)CC2)c1. The molecule has 1 aromatic rings. The van der Waals surface area contributed by atoms with Crippen LogP contribution in [0.15, 0.2) is 36.7 Å². The van der Waals surface area contributed by atoms with E-state index in [1.54, 1.807) is 0 Å². The molecule has 0 atom stereocenters. The summed E-state index contributed by atoms with van der Waals surface area (Å²) in [5.41, 5.74) is 2.54. The molecule has 21 heavy (non-hydrogen) atoms. The summed E-state index contributed by atoms with van der Waals surface area (Å²) in [6, 6.07) is 8.71. The van der Waals surface area contributed by atoms with Gasteiger partial charge < -0.3 is 15.1 Å². The minimum absolute atomic E-state index is 0.0581. The molecule has 2 aliphatic heterocycles. The number of nitrogens with one attached hydrogen (secondary N) is 1. The number of anilines is 1. The van der Waals surface area contributed by atoms with Gasteiger partial charge in [0.05, 0.1) is 0 Å². The van der Waals surface area contributed by atoms with Crippen molar-refractivity contribution in [2.24, 2.45) is 0 Å². The Morgan fingerprint density at radius 1 is 1.24 bits per heavy atom. The van der Waals surface area contributed by atoms with E-state index in [2.05, 4.69) is 53.0 Å². The Morgan fingerprint density at radius 3 is 2.71 bits per heavy atom. The van der Waals surface area contributed by atoms with Crippen LogP contribution < -0.4 is 10.2 Å². The van der Waals surface area contributed by atoms with Gasteiger partial charge in [-0.15, -0.1) is 0 Å². The molecule has 4 heteroatoms. The van der Waals surface area contributed by atoms with Gasteiger partial charge in [-0.3, -0.25) is 4.79 Å². The highest BCUT2D eigenvalue weighted by molar-refractivity contribution is 5.81. The molecule has 2 heterocycles. The van der Waals surface area contributed by atoms with Gasteiger partial charge >= 0.3 is 0 Å². The molecule has 3 rings (SSSR count). The molecule has 0 aromatic heterocycles. The third-order valence-corrected chi connectivity index (χ3v) is 4.54. The molecule has 4 nitrogen and oxygen atoms in total. The molecule has 2 aliphatic rings. The largest absolute Gasteiger partial charge is 0.328 e. The average Bonchev–Trinajstić information content (AvgIpc) is 2.48. The maximum atomic E-state index is 11.4. The molecule has 1 aromatic carbocycles. The van der Waals surface area contributed by atoms with Crippen LogP contribution in [0.1, 0.15) is 30.7 Å². The van der Waals surface area contributed by atoms with Crippen molar-refractivity contribution in [3.63, 3.8) is 0 Å². The van der Waals surface area contributed by atoms with Crippen molar-refractivity contribution in [2.75, 3.05) is 31.6 Å². The highest BCUT2D eigenvalue weighted by Gasteiger charge is 2.22. The van der Waals surface area contributed by atoms with Gasteiger partial charge in [0.2, 0.25) is 5.91 Å². The summed E-state index contributed by atoms with van der Waals surface area (Å²) in [7, 11) is 2.19. The Morgan fingerprint density at radius 2 is 2.00 bits per heavy atom. The second kappa shape index (κ2) is 5.90. The lowest BCUT2D eigenvalue weighted by molar-refractivity contribution is -0.120. The Kier molecular flexibility index (Phi) is 3.97. The van der Waals surface area contributed by atoms with Crippen LogP contribution in [0.2, 0.25) is 0 Å². The number of carbonyl (C=O) groups is 1. The van der Waals surface area contributed by atoms with Crippen LogP contribution in [0.3, 0.4) is 0 Å². The Bertz CT molecular complexity index is 547. The fourth-order valence-electron chi connectivity index (χ4n) is 3.21. The number of nitrogens with zero attached hydrogens (tertiary/aromatic N) is 2. The number of piperidine rings is 1. The molecular weight excluding hydrogens is 262 g/mol. The van der Waals surface area contributed by atoms with E-state index in [9.17, 15) is 4.79 Å². The number of benzene rings is 1. The van der Waals surface area contributed by atoms with Crippen molar-refractivity contribution < 1.29 is 4.79 Å². The Hall–Kier alpha value is -1.81. The van der Waals surface area contributed by atoms with Crippen LogP contribution in [-0.4, -0.2) is 37.5 Å².